The van der Waals surface area contributed by atoms with E-state index in [4.69, 9.17) is 0 Å². The van der Waals surface area contributed by atoms with Crippen molar-refractivity contribution in [2.75, 3.05) is 6.54 Å². The largest absolute Gasteiger partial charge is 0.409 e. The molecular weight excluding hydrogens is 329 g/mol. The highest BCUT2D eigenvalue weighted by atomic mass is 19.4. The van der Waals surface area contributed by atoms with Crippen LogP contribution < -0.4 is 5.43 Å². The zero-order valence-electron chi connectivity index (χ0n) is 14.1. The molecular formula is C19H21F3N2O. The monoisotopic (exact) mass is 350 g/mol. The molecule has 1 atom stereocenters. The Hall–Kier alpha value is -2.08. The van der Waals surface area contributed by atoms with E-state index < -0.39 is 12.2 Å². The van der Waals surface area contributed by atoms with Gasteiger partial charge in [-0.1, -0.05) is 49.7 Å². The van der Waals surface area contributed by atoms with E-state index in [1.54, 1.807) is 18.2 Å². The lowest BCUT2D eigenvalue weighted by Gasteiger charge is -2.30. The number of halogens is 3. The Morgan fingerprint density at radius 2 is 2.00 bits per heavy atom. The Balaban J connectivity index is 2.13. The molecule has 3 nitrogen and oxygen atoms in total. The van der Waals surface area contributed by atoms with Crippen molar-refractivity contribution in [3.8, 4) is 0 Å². The number of alkyl halides is 3. The first kappa shape index (κ1) is 17.7. The third-order valence-electron chi connectivity index (χ3n) is 4.54. The Labute approximate surface area is 144 Å². The molecule has 2 aromatic carbocycles. The molecule has 1 aliphatic rings. The van der Waals surface area contributed by atoms with Crippen LogP contribution in [0.4, 0.5) is 13.2 Å². The van der Waals surface area contributed by atoms with Crippen molar-refractivity contribution < 1.29 is 18.0 Å². The first-order valence-electron chi connectivity index (χ1n) is 8.54. The van der Waals surface area contributed by atoms with Crippen LogP contribution in [0, 0.1) is 0 Å². The summed E-state index contributed by atoms with van der Waals surface area (Å²) >= 11 is 0. The van der Waals surface area contributed by atoms with Crippen molar-refractivity contribution in [1.29, 1.82) is 0 Å². The van der Waals surface area contributed by atoms with Gasteiger partial charge in [0, 0.05) is 13.0 Å². The van der Waals surface area contributed by atoms with Crippen LogP contribution in [0.5, 0.6) is 0 Å². The smallest absolute Gasteiger partial charge is 0.288 e. The van der Waals surface area contributed by atoms with Crippen LogP contribution >= 0.6 is 0 Å². The molecule has 1 amide bonds. The second-order valence-electron chi connectivity index (χ2n) is 6.43. The highest BCUT2D eigenvalue weighted by molar-refractivity contribution is 5.87. The van der Waals surface area contributed by atoms with Gasteiger partial charge < -0.3 is 0 Å². The number of carbonyl (C=O) groups excluding carboxylic acids is 1. The third kappa shape index (κ3) is 3.79. The first-order chi connectivity index (χ1) is 11.9. The van der Waals surface area contributed by atoms with Gasteiger partial charge >= 0.3 is 6.18 Å². The minimum absolute atomic E-state index is 0.0521. The molecule has 0 unspecified atom stereocenters. The van der Waals surface area contributed by atoms with Gasteiger partial charge in [0.1, 0.15) is 0 Å². The van der Waals surface area contributed by atoms with Gasteiger partial charge in [0.25, 0.3) is 0 Å². The van der Waals surface area contributed by atoms with Gasteiger partial charge in [-0.05, 0) is 34.7 Å². The van der Waals surface area contributed by atoms with E-state index in [9.17, 15) is 18.0 Å². The second-order valence-corrected chi connectivity index (χ2v) is 6.43. The number of hydrazine groups is 1. The van der Waals surface area contributed by atoms with Crippen molar-refractivity contribution in [2.24, 2.45) is 0 Å². The van der Waals surface area contributed by atoms with E-state index in [0.717, 1.165) is 35.2 Å². The number of nitrogens with zero attached hydrogens (tertiary/aromatic N) is 1. The average molecular weight is 350 g/mol. The number of aryl methyl sites for hydroxylation is 1. The summed E-state index contributed by atoms with van der Waals surface area (Å²) in [4.78, 5) is 11.5. The SMILES string of the molecule is CCCCc1cc([C@H](N2CCC(=O)N2)C(F)(F)F)c2ccccc2c1. The van der Waals surface area contributed by atoms with Gasteiger partial charge in [-0.3, -0.25) is 10.2 Å². The minimum atomic E-state index is -4.48. The van der Waals surface area contributed by atoms with E-state index in [1.165, 1.54) is 0 Å². The molecule has 0 saturated carbocycles. The van der Waals surface area contributed by atoms with Crippen LogP contribution in [0.1, 0.15) is 43.4 Å². The van der Waals surface area contributed by atoms with E-state index in [1.807, 2.05) is 18.2 Å². The molecule has 1 saturated heterocycles. The van der Waals surface area contributed by atoms with Crippen molar-refractivity contribution in [3.63, 3.8) is 0 Å². The summed E-state index contributed by atoms with van der Waals surface area (Å²) in [5.41, 5.74) is 3.47. The number of hydrogen-bond donors (Lipinski definition) is 1. The molecule has 2 aromatic rings. The second kappa shape index (κ2) is 7.04. The number of rotatable bonds is 5. The topological polar surface area (TPSA) is 32.3 Å². The summed E-state index contributed by atoms with van der Waals surface area (Å²) in [6, 6.07) is 8.90. The van der Waals surface area contributed by atoms with Gasteiger partial charge in [-0.15, -0.1) is 0 Å². The summed E-state index contributed by atoms with van der Waals surface area (Å²) in [6.45, 7) is 2.11. The van der Waals surface area contributed by atoms with Crippen molar-refractivity contribution in [3.05, 3.63) is 47.5 Å². The van der Waals surface area contributed by atoms with Crippen LogP contribution in [0.2, 0.25) is 0 Å². The van der Waals surface area contributed by atoms with Gasteiger partial charge in [0.05, 0.1) is 0 Å². The minimum Gasteiger partial charge on any atom is -0.288 e. The Morgan fingerprint density at radius 3 is 2.64 bits per heavy atom. The molecule has 0 bridgehead atoms. The molecule has 134 valence electrons. The lowest BCUT2D eigenvalue weighted by molar-refractivity contribution is -0.190. The Bertz CT molecular complexity index is 773. The Morgan fingerprint density at radius 1 is 1.24 bits per heavy atom. The van der Waals surface area contributed by atoms with Gasteiger partial charge in [0.2, 0.25) is 5.91 Å². The quantitative estimate of drug-likeness (QED) is 0.860. The van der Waals surface area contributed by atoms with Crippen LogP contribution in [0.15, 0.2) is 36.4 Å². The molecule has 1 heterocycles. The zero-order chi connectivity index (χ0) is 18.0. The third-order valence-corrected chi connectivity index (χ3v) is 4.54. The van der Waals surface area contributed by atoms with E-state index >= 15 is 0 Å². The fourth-order valence-electron chi connectivity index (χ4n) is 3.36. The summed E-state index contributed by atoms with van der Waals surface area (Å²) < 4.78 is 41.7. The number of nitrogens with one attached hydrogen (secondary N) is 1. The summed E-state index contributed by atoms with van der Waals surface area (Å²) in [6.07, 6.45) is -1.75. The molecule has 1 N–H and O–H groups in total. The molecule has 0 spiro atoms. The number of benzene rings is 2. The fourth-order valence-corrected chi connectivity index (χ4v) is 3.36. The van der Waals surface area contributed by atoms with Gasteiger partial charge in [0.15, 0.2) is 6.04 Å². The number of carbonyl (C=O) groups is 1. The lowest BCUT2D eigenvalue weighted by Crippen LogP contribution is -2.43. The number of hydrogen-bond acceptors (Lipinski definition) is 2. The molecule has 1 fully saturated rings. The summed E-state index contributed by atoms with van der Waals surface area (Å²) in [5.74, 6) is -0.374. The first-order valence-corrected chi connectivity index (χ1v) is 8.54. The maximum absolute atomic E-state index is 13.9. The van der Waals surface area contributed by atoms with Crippen LogP contribution in [0.3, 0.4) is 0 Å². The van der Waals surface area contributed by atoms with Crippen LogP contribution in [-0.4, -0.2) is 23.6 Å². The summed E-state index contributed by atoms with van der Waals surface area (Å²) in [5, 5.41) is 2.39. The molecule has 0 radical (unpaired) electrons. The van der Waals surface area contributed by atoms with Crippen molar-refractivity contribution >= 4 is 16.7 Å². The number of unbranched alkanes of at least 4 members (excludes halogenated alkanes) is 1. The average Bonchev–Trinajstić information content (AvgIpc) is 2.97. The predicted molar refractivity (Wildman–Crippen MR) is 90.8 cm³/mol. The van der Waals surface area contributed by atoms with Crippen molar-refractivity contribution in [2.45, 2.75) is 44.8 Å². The molecule has 3 rings (SSSR count). The highest BCUT2D eigenvalue weighted by Crippen LogP contribution is 2.41. The Kier molecular flexibility index (Phi) is 4.99. The van der Waals surface area contributed by atoms with E-state index in [-0.39, 0.29) is 24.4 Å². The predicted octanol–water partition coefficient (Wildman–Crippen LogP) is 4.52. The van der Waals surface area contributed by atoms with Gasteiger partial charge in [-0.25, -0.2) is 5.01 Å². The normalized spacial score (nSPS) is 17.0. The number of amides is 1. The molecule has 0 aromatic heterocycles. The molecule has 6 heteroatoms. The van der Waals surface area contributed by atoms with Crippen LogP contribution in [0.25, 0.3) is 10.8 Å². The highest BCUT2D eigenvalue weighted by Gasteiger charge is 2.47. The zero-order valence-corrected chi connectivity index (χ0v) is 14.1. The van der Waals surface area contributed by atoms with E-state index in [0.29, 0.717) is 5.39 Å². The fraction of sp³-hybridized carbons (Fsp3) is 0.421. The molecule has 1 aliphatic heterocycles. The van der Waals surface area contributed by atoms with E-state index in [2.05, 4.69) is 12.3 Å². The summed E-state index contributed by atoms with van der Waals surface area (Å²) in [7, 11) is 0. The molecule has 0 aliphatic carbocycles. The lowest BCUT2D eigenvalue weighted by atomic mass is 9.93. The number of fused-ring (bicyclic) bond motifs is 1. The standard InChI is InChI=1S/C19H21F3N2O/c1-2-3-6-13-11-14-7-4-5-8-15(14)16(12-13)18(19(20,21)22)24-10-9-17(25)23-24/h4-5,7-8,11-12,18H,2-3,6,9-10H2,1H3,(H,23,25)/t18-/m0/s1. The maximum atomic E-state index is 13.9. The van der Waals surface area contributed by atoms with Crippen LogP contribution in [-0.2, 0) is 11.2 Å². The maximum Gasteiger partial charge on any atom is 0.409 e. The van der Waals surface area contributed by atoms with Crippen molar-refractivity contribution in [1.82, 2.24) is 10.4 Å². The van der Waals surface area contributed by atoms with Gasteiger partial charge in [-0.2, -0.15) is 13.2 Å². The molecule has 25 heavy (non-hydrogen) atoms.